The number of carbonyl (C=O) groups excluding carboxylic acids is 2. The Morgan fingerprint density at radius 2 is 2.00 bits per heavy atom. The molecule has 1 unspecified atom stereocenters. The van der Waals surface area contributed by atoms with Crippen LogP contribution in [0.1, 0.15) is 32.3 Å². The predicted molar refractivity (Wildman–Crippen MR) is 72.8 cm³/mol. The first-order valence-electron chi connectivity index (χ1n) is 6.75. The molecule has 1 aromatic carbocycles. The van der Waals surface area contributed by atoms with Crippen molar-refractivity contribution < 1.29 is 9.59 Å². The van der Waals surface area contributed by atoms with E-state index in [1.54, 1.807) is 0 Å². The molecule has 1 spiro atoms. The van der Waals surface area contributed by atoms with Crippen molar-refractivity contribution in [3.05, 3.63) is 29.8 Å². The minimum absolute atomic E-state index is 0.0341. The van der Waals surface area contributed by atoms with Gasteiger partial charge in [0.15, 0.2) is 0 Å². The molecule has 0 bridgehead atoms. The Hall–Kier alpha value is -1.84. The van der Waals surface area contributed by atoms with Crippen LogP contribution in [0.3, 0.4) is 0 Å². The van der Waals surface area contributed by atoms with E-state index in [9.17, 15) is 9.59 Å². The van der Waals surface area contributed by atoms with Crippen LogP contribution >= 0.6 is 0 Å². The normalized spacial score (nSPS) is 25.9. The molecule has 4 nitrogen and oxygen atoms in total. The van der Waals surface area contributed by atoms with Gasteiger partial charge in [-0.15, -0.1) is 0 Å². The minimum Gasteiger partial charge on any atom is -0.339 e. The average molecular weight is 258 g/mol. The molecule has 2 amide bonds. The van der Waals surface area contributed by atoms with Gasteiger partial charge in [0.1, 0.15) is 0 Å². The fraction of sp³-hybridized carbons (Fsp3) is 0.467. The zero-order valence-electron chi connectivity index (χ0n) is 11.3. The number of piperidine rings is 1. The van der Waals surface area contributed by atoms with Crippen LogP contribution < -0.4 is 5.32 Å². The van der Waals surface area contributed by atoms with Crippen molar-refractivity contribution in [3.8, 4) is 0 Å². The Morgan fingerprint density at radius 1 is 1.26 bits per heavy atom. The number of carbonyl (C=O) groups is 2. The van der Waals surface area contributed by atoms with Gasteiger partial charge in [-0.25, -0.2) is 0 Å². The van der Waals surface area contributed by atoms with Crippen molar-refractivity contribution in [2.45, 2.75) is 38.1 Å². The van der Waals surface area contributed by atoms with Crippen molar-refractivity contribution in [1.29, 1.82) is 0 Å². The summed E-state index contributed by atoms with van der Waals surface area (Å²) >= 11 is 0. The molecule has 1 N–H and O–H groups in total. The molecule has 0 saturated carbocycles. The highest BCUT2D eigenvalue weighted by Crippen LogP contribution is 2.44. The van der Waals surface area contributed by atoms with E-state index in [-0.39, 0.29) is 17.9 Å². The first kappa shape index (κ1) is 12.2. The number of rotatable bonds is 1. The van der Waals surface area contributed by atoms with Gasteiger partial charge in [0.05, 0.1) is 5.41 Å². The summed E-state index contributed by atoms with van der Waals surface area (Å²) in [5.74, 6) is 0.185. The van der Waals surface area contributed by atoms with Gasteiger partial charge >= 0.3 is 0 Å². The summed E-state index contributed by atoms with van der Waals surface area (Å²) in [5.41, 5.74) is 1.39. The quantitative estimate of drug-likeness (QED) is 0.836. The van der Waals surface area contributed by atoms with E-state index < -0.39 is 5.41 Å². The Bertz CT molecular complexity index is 553. The lowest BCUT2D eigenvalue weighted by Gasteiger charge is -2.40. The molecule has 1 fully saturated rings. The third-order valence-electron chi connectivity index (χ3n) is 4.28. The van der Waals surface area contributed by atoms with Crippen molar-refractivity contribution in [3.63, 3.8) is 0 Å². The second-order valence-corrected chi connectivity index (χ2v) is 5.70. The highest BCUT2D eigenvalue weighted by atomic mass is 16.2. The maximum atomic E-state index is 12.4. The number of anilines is 1. The van der Waals surface area contributed by atoms with Crippen LogP contribution in [0.4, 0.5) is 5.69 Å². The van der Waals surface area contributed by atoms with Gasteiger partial charge in [-0.3, -0.25) is 9.59 Å². The summed E-state index contributed by atoms with van der Waals surface area (Å²) in [4.78, 5) is 26.2. The molecule has 0 aliphatic carbocycles. The fourth-order valence-corrected chi connectivity index (χ4v) is 3.17. The molecule has 2 aliphatic heterocycles. The summed E-state index contributed by atoms with van der Waals surface area (Å²) in [6.45, 7) is 4.48. The Kier molecular flexibility index (Phi) is 2.62. The molecule has 1 atom stereocenters. The second-order valence-electron chi connectivity index (χ2n) is 5.70. The number of hydrogen-bond acceptors (Lipinski definition) is 2. The van der Waals surface area contributed by atoms with Crippen LogP contribution in [0, 0.1) is 0 Å². The van der Waals surface area contributed by atoms with E-state index in [0.717, 1.165) is 11.3 Å². The predicted octanol–water partition coefficient (Wildman–Crippen LogP) is 1.91. The summed E-state index contributed by atoms with van der Waals surface area (Å²) in [5, 5.41) is 2.96. The zero-order chi connectivity index (χ0) is 13.6. The zero-order valence-corrected chi connectivity index (χ0v) is 11.3. The van der Waals surface area contributed by atoms with Crippen LogP contribution in [0.15, 0.2) is 24.3 Å². The van der Waals surface area contributed by atoms with E-state index in [2.05, 4.69) is 5.32 Å². The molecular weight excluding hydrogens is 240 g/mol. The lowest BCUT2D eigenvalue weighted by Crippen LogP contribution is -2.54. The van der Waals surface area contributed by atoms with Crippen LogP contribution in [0.25, 0.3) is 0 Å². The Labute approximate surface area is 112 Å². The SMILES string of the molecule is CC(C)N1CC2(CCC1=O)C(=O)Nc1ccccc12. The third kappa shape index (κ3) is 1.66. The van der Waals surface area contributed by atoms with E-state index in [0.29, 0.717) is 19.4 Å². The molecule has 19 heavy (non-hydrogen) atoms. The maximum Gasteiger partial charge on any atom is 0.236 e. The number of amides is 2. The van der Waals surface area contributed by atoms with E-state index in [1.807, 2.05) is 43.0 Å². The molecule has 2 heterocycles. The lowest BCUT2D eigenvalue weighted by atomic mass is 9.74. The molecule has 1 saturated heterocycles. The molecule has 2 aliphatic rings. The molecule has 4 heteroatoms. The molecule has 100 valence electrons. The first-order valence-corrected chi connectivity index (χ1v) is 6.75. The van der Waals surface area contributed by atoms with E-state index in [1.165, 1.54) is 0 Å². The molecule has 0 radical (unpaired) electrons. The largest absolute Gasteiger partial charge is 0.339 e. The van der Waals surface area contributed by atoms with Gasteiger partial charge in [0, 0.05) is 24.7 Å². The van der Waals surface area contributed by atoms with Crippen LogP contribution in [-0.4, -0.2) is 29.3 Å². The van der Waals surface area contributed by atoms with Crippen LogP contribution in [0.2, 0.25) is 0 Å². The third-order valence-corrected chi connectivity index (χ3v) is 4.28. The van der Waals surface area contributed by atoms with Gasteiger partial charge in [-0.05, 0) is 31.9 Å². The Morgan fingerprint density at radius 3 is 2.74 bits per heavy atom. The monoisotopic (exact) mass is 258 g/mol. The van der Waals surface area contributed by atoms with Crippen molar-refractivity contribution in [2.24, 2.45) is 0 Å². The number of likely N-dealkylation sites (tertiary alicyclic amines) is 1. The number of benzene rings is 1. The molecule has 0 aromatic heterocycles. The summed E-state index contributed by atoms with van der Waals surface area (Å²) < 4.78 is 0. The van der Waals surface area contributed by atoms with E-state index in [4.69, 9.17) is 0 Å². The standard InChI is InChI=1S/C15H18N2O2/c1-10(2)17-9-15(8-7-13(17)18)11-5-3-4-6-12(11)16-14(15)19/h3-6,10H,7-9H2,1-2H3,(H,16,19). The summed E-state index contributed by atoms with van der Waals surface area (Å²) in [7, 11) is 0. The van der Waals surface area contributed by atoms with Crippen molar-refractivity contribution >= 4 is 17.5 Å². The number of para-hydroxylation sites is 1. The number of hydrogen-bond donors (Lipinski definition) is 1. The highest BCUT2D eigenvalue weighted by Gasteiger charge is 2.51. The lowest BCUT2D eigenvalue weighted by molar-refractivity contribution is -0.140. The maximum absolute atomic E-state index is 12.4. The topological polar surface area (TPSA) is 49.4 Å². The van der Waals surface area contributed by atoms with Crippen LogP contribution in [0.5, 0.6) is 0 Å². The van der Waals surface area contributed by atoms with Gasteiger partial charge in [0.2, 0.25) is 11.8 Å². The molecule has 3 rings (SSSR count). The summed E-state index contributed by atoms with van der Waals surface area (Å²) in [6.07, 6.45) is 1.05. The Balaban J connectivity index is 2.04. The number of fused-ring (bicyclic) bond motifs is 2. The second kappa shape index (κ2) is 4.08. The van der Waals surface area contributed by atoms with Gasteiger partial charge < -0.3 is 10.2 Å². The molecular formula is C15H18N2O2. The van der Waals surface area contributed by atoms with Gasteiger partial charge in [0.25, 0.3) is 0 Å². The van der Waals surface area contributed by atoms with Crippen molar-refractivity contribution in [2.75, 3.05) is 11.9 Å². The first-order chi connectivity index (χ1) is 9.04. The molecule has 1 aromatic rings. The number of nitrogens with one attached hydrogen (secondary N) is 1. The smallest absolute Gasteiger partial charge is 0.236 e. The average Bonchev–Trinajstić information content (AvgIpc) is 2.65. The highest BCUT2D eigenvalue weighted by molar-refractivity contribution is 6.07. The van der Waals surface area contributed by atoms with Crippen LogP contribution in [-0.2, 0) is 15.0 Å². The van der Waals surface area contributed by atoms with Gasteiger partial charge in [-0.2, -0.15) is 0 Å². The fourth-order valence-electron chi connectivity index (χ4n) is 3.17. The minimum atomic E-state index is -0.547. The van der Waals surface area contributed by atoms with Gasteiger partial charge in [-0.1, -0.05) is 18.2 Å². The number of nitrogens with zero attached hydrogens (tertiary/aromatic N) is 1. The van der Waals surface area contributed by atoms with E-state index >= 15 is 0 Å². The summed E-state index contributed by atoms with van der Waals surface area (Å²) in [6, 6.07) is 7.94. The van der Waals surface area contributed by atoms with Crippen molar-refractivity contribution in [1.82, 2.24) is 4.90 Å².